The number of rotatable bonds is 2. The van der Waals surface area contributed by atoms with E-state index < -0.39 is 6.03 Å². The minimum atomic E-state index is -0.519. The third kappa shape index (κ3) is 4.27. The maximum atomic E-state index is 13.5. The summed E-state index contributed by atoms with van der Waals surface area (Å²) in [7, 11) is 0. The van der Waals surface area contributed by atoms with Gasteiger partial charge in [0.05, 0.1) is 0 Å². The third-order valence-electron chi connectivity index (χ3n) is 3.26. The second-order valence-corrected chi connectivity index (χ2v) is 8.28. The number of fused-ring (bicyclic) bond motifs is 1. The summed E-state index contributed by atoms with van der Waals surface area (Å²) in [5.41, 5.74) is 4.35. The second kappa shape index (κ2) is 7.53. The van der Waals surface area contributed by atoms with Crippen molar-refractivity contribution in [3.63, 3.8) is 0 Å². The molecule has 24 heavy (non-hydrogen) atoms. The molecular formula is C16H12Cl2FN3OSe. The van der Waals surface area contributed by atoms with Gasteiger partial charge in [0.2, 0.25) is 0 Å². The maximum absolute atomic E-state index is 13.5. The fourth-order valence-corrected chi connectivity index (χ4v) is 4.91. The predicted molar refractivity (Wildman–Crippen MR) is 96.4 cm³/mol. The van der Waals surface area contributed by atoms with Gasteiger partial charge in [0, 0.05) is 0 Å². The molecule has 1 aliphatic heterocycles. The summed E-state index contributed by atoms with van der Waals surface area (Å²) in [5, 5.41) is 8.55. The number of carbonyl (C=O) groups is 1. The standard InChI is InChI=1S/C16H12Cl2FN3OSe/c17-9-5-10(18)7-12(6-9)20-16(23)22-21-14-3-4-24-15-2-1-11(19)8-13(14)15/h1-2,5-8H,3-4H2,(H2,20,22,23)/b21-14+. The van der Waals surface area contributed by atoms with Crippen LogP contribution in [0.4, 0.5) is 14.9 Å². The molecule has 3 rings (SSSR count). The summed E-state index contributed by atoms with van der Waals surface area (Å²) in [4.78, 5) is 12.0. The van der Waals surface area contributed by atoms with Crippen molar-refractivity contribution in [2.45, 2.75) is 11.7 Å². The third-order valence-corrected chi connectivity index (χ3v) is 5.95. The van der Waals surface area contributed by atoms with Gasteiger partial charge in [-0.2, -0.15) is 0 Å². The van der Waals surface area contributed by atoms with Gasteiger partial charge in [-0.1, -0.05) is 0 Å². The molecule has 8 heteroatoms. The molecule has 0 aliphatic carbocycles. The van der Waals surface area contributed by atoms with Crippen molar-refractivity contribution in [1.82, 2.24) is 5.43 Å². The number of carbonyl (C=O) groups excluding carboxylic acids is 1. The molecule has 1 heterocycles. The summed E-state index contributed by atoms with van der Waals surface area (Å²) in [5.74, 6) is -0.308. The zero-order valence-corrected chi connectivity index (χ0v) is 15.5. The molecule has 0 aromatic heterocycles. The van der Waals surface area contributed by atoms with Gasteiger partial charge in [-0.3, -0.25) is 0 Å². The van der Waals surface area contributed by atoms with E-state index in [2.05, 4.69) is 15.8 Å². The van der Waals surface area contributed by atoms with Gasteiger partial charge in [-0.05, 0) is 0 Å². The van der Waals surface area contributed by atoms with E-state index in [1.54, 1.807) is 24.3 Å². The zero-order valence-electron chi connectivity index (χ0n) is 12.3. The molecule has 2 aromatic rings. The Hall–Kier alpha value is -1.59. The molecule has 0 fully saturated rings. The van der Waals surface area contributed by atoms with Crippen LogP contribution in [-0.4, -0.2) is 26.7 Å². The van der Waals surface area contributed by atoms with E-state index in [0.29, 0.717) is 42.8 Å². The molecule has 0 saturated heterocycles. The van der Waals surface area contributed by atoms with Crippen LogP contribution in [0.3, 0.4) is 0 Å². The van der Waals surface area contributed by atoms with E-state index in [1.807, 2.05) is 0 Å². The first kappa shape index (κ1) is 17.2. The van der Waals surface area contributed by atoms with Gasteiger partial charge in [0.25, 0.3) is 0 Å². The molecule has 0 spiro atoms. The van der Waals surface area contributed by atoms with Crippen LogP contribution in [0.25, 0.3) is 0 Å². The minimum absolute atomic E-state index is 0.307. The Bertz CT molecular complexity index is 809. The molecular weight excluding hydrogens is 419 g/mol. The van der Waals surface area contributed by atoms with E-state index in [0.717, 1.165) is 15.3 Å². The Balaban J connectivity index is 1.72. The van der Waals surface area contributed by atoms with Crippen molar-refractivity contribution in [3.8, 4) is 0 Å². The fraction of sp³-hybridized carbons (Fsp3) is 0.125. The fourth-order valence-electron chi connectivity index (χ4n) is 2.27. The molecule has 124 valence electrons. The molecule has 0 saturated carbocycles. The number of benzene rings is 2. The Labute approximate surface area is 154 Å². The van der Waals surface area contributed by atoms with E-state index in [9.17, 15) is 9.18 Å². The first-order chi connectivity index (χ1) is 11.5. The Morgan fingerprint density at radius 1 is 1.17 bits per heavy atom. The first-order valence-corrected chi connectivity index (χ1v) is 9.86. The van der Waals surface area contributed by atoms with Crippen LogP contribution in [-0.2, 0) is 0 Å². The number of nitrogens with one attached hydrogen (secondary N) is 2. The van der Waals surface area contributed by atoms with Crippen LogP contribution >= 0.6 is 23.2 Å². The van der Waals surface area contributed by atoms with Crippen LogP contribution < -0.4 is 15.2 Å². The van der Waals surface area contributed by atoms with E-state index >= 15 is 0 Å². The number of hydrogen-bond donors (Lipinski definition) is 2. The number of anilines is 1. The van der Waals surface area contributed by atoms with Gasteiger partial charge in [0.15, 0.2) is 0 Å². The predicted octanol–water partition coefficient (Wildman–Crippen LogP) is 3.81. The average Bonchev–Trinajstić information content (AvgIpc) is 2.52. The molecule has 2 N–H and O–H groups in total. The van der Waals surface area contributed by atoms with Crippen molar-refractivity contribution in [3.05, 3.63) is 57.8 Å². The summed E-state index contributed by atoms with van der Waals surface area (Å²) < 4.78 is 14.6. The van der Waals surface area contributed by atoms with Gasteiger partial charge in [0.1, 0.15) is 0 Å². The number of urea groups is 1. The zero-order chi connectivity index (χ0) is 17.1. The molecule has 1 aliphatic rings. The SMILES string of the molecule is O=C(N/N=C1\CC[Se]c2ccc(F)cc21)Nc1cc(Cl)cc(Cl)c1. The van der Waals surface area contributed by atoms with Gasteiger partial charge in [-0.25, -0.2) is 0 Å². The van der Waals surface area contributed by atoms with Crippen LogP contribution in [0.1, 0.15) is 12.0 Å². The summed E-state index contributed by atoms with van der Waals surface area (Å²) in [6.07, 6.45) is 0.708. The van der Waals surface area contributed by atoms with Gasteiger partial charge in [-0.15, -0.1) is 0 Å². The van der Waals surface area contributed by atoms with Crippen molar-refractivity contribution in [2.75, 3.05) is 5.32 Å². The Kier molecular flexibility index (Phi) is 5.41. The van der Waals surface area contributed by atoms with Crippen LogP contribution in [0.2, 0.25) is 15.4 Å². The van der Waals surface area contributed by atoms with Crippen molar-refractivity contribution in [2.24, 2.45) is 5.10 Å². The topological polar surface area (TPSA) is 53.5 Å². The second-order valence-electron chi connectivity index (χ2n) is 5.02. The number of hydrazone groups is 1. The molecule has 0 atom stereocenters. The molecule has 2 aromatic carbocycles. The normalized spacial score (nSPS) is 15.0. The molecule has 2 amide bonds. The van der Waals surface area contributed by atoms with Crippen molar-refractivity contribution in [1.29, 1.82) is 0 Å². The average molecular weight is 431 g/mol. The molecule has 0 unspecified atom stereocenters. The van der Waals surface area contributed by atoms with Gasteiger partial charge >= 0.3 is 155 Å². The molecule has 4 nitrogen and oxygen atoms in total. The van der Waals surface area contributed by atoms with Crippen LogP contribution in [0.5, 0.6) is 0 Å². The van der Waals surface area contributed by atoms with Crippen LogP contribution in [0.15, 0.2) is 41.5 Å². The summed E-state index contributed by atoms with van der Waals surface area (Å²) >= 11 is 12.1. The van der Waals surface area contributed by atoms with E-state index in [4.69, 9.17) is 23.2 Å². The number of amides is 2. The van der Waals surface area contributed by atoms with Crippen molar-refractivity contribution < 1.29 is 9.18 Å². The summed E-state index contributed by atoms with van der Waals surface area (Å²) in [6.45, 7) is 0. The van der Waals surface area contributed by atoms with Crippen molar-refractivity contribution >= 4 is 60.1 Å². The van der Waals surface area contributed by atoms with Gasteiger partial charge < -0.3 is 0 Å². The first-order valence-electron chi connectivity index (χ1n) is 7.03. The molecule has 0 radical (unpaired) electrons. The monoisotopic (exact) mass is 431 g/mol. The number of nitrogens with zero attached hydrogens (tertiary/aromatic N) is 1. The molecule has 0 bridgehead atoms. The summed E-state index contributed by atoms with van der Waals surface area (Å²) in [6, 6.07) is 8.91. The van der Waals surface area contributed by atoms with E-state index in [1.165, 1.54) is 12.1 Å². The van der Waals surface area contributed by atoms with E-state index in [-0.39, 0.29) is 5.82 Å². The number of halogens is 3. The number of hydrogen-bond acceptors (Lipinski definition) is 2. The Morgan fingerprint density at radius 3 is 2.67 bits per heavy atom. The Morgan fingerprint density at radius 2 is 1.92 bits per heavy atom. The van der Waals surface area contributed by atoms with Crippen LogP contribution in [0, 0.1) is 5.82 Å². The quantitative estimate of drug-likeness (QED) is 0.552.